The zero-order chi connectivity index (χ0) is 31.6. The van der Waals surface area contributed by atoms with Gasteiger partial charge in [-0.1, -0.05) is 50.0 Å². The fourth-order valence-electron chi connectivity index (χ4n) is 8.83. The van der Waals surface area contributed by atoms with Crippen LogP contribution in [-0.2, 0) is 6.42 Å². The highest BCUT2D eigenvalue weighted by Crippen LogP contribution is 2.59. The Morgan fingerprint density at radius 2 is 1.78 bits per heavy atom. The Labute approximate surface area is 268 Å². The van der Waals surface area contributed by atoms with Crippen molar-refractivity contribution in [1.82, 2.24) is 9.80 Å². The molecule has 4 unspecified atom stereocenters. The number of allylic oxidation sites excluding steroid dienone is 2. The molecule has 7 nitrogen and oxygen atoms in total. The number of fused-ring (bicyclic) bond motifs is 8. The van der Waals surface area contributed by atoms with Crippen molar-refractivity contribution in [2.75, 3.05) is 32.7 Å². The number of β-amino-alcohol motifs (C(OH)–C–C–N with tert-alkyl or cyclic N) is 1. The van der Waals surface area contributed by atoms with Crippen molar-refractivity contribution in [1.29, 1.82) is 0 Å². The summed E-state index contributed by atoms with van der Waals surface area (Å²) in [5, 5.41) is 23.6. The maximum atomic E-state index is 14.2. The summed E-state index contributed by atoms with van der Waals surface area (Å²) in [5.74, 6) is 0.677. The van der Waals surface area contributed by atoms with Crippen LogP contribution < -0.4 is 0 Å². The van der Waals surface area contributed by atoms with Crippen molar-refractivity contribution in [3.05, 3.63) is 70.7 Å². The fraction of sp³-hybridized carbons (Fsp3) is 0.632. The predicted octanol–water partition coefficient (Wildman–Crippen LogP) is 6.54. The molecule has 2 N–H and O–H groups in total. The van der Waals surface area contributed by atoms with Gasteiger partial charge in [0.05, 0.1) is 18.0 Å². The van der Waals surface area contributed by atoms with Gasteiger partial charge in [-0.05, 0) is 100.0 Å². The van der Waals surface area contributed by atoms with Crippen LogP contribution in [0.25, 0.3) is 0 Å². The van der Waals surface area contributed by atoms with Crippen LogP contribution in [0.3, 0.4) is 0 Å². The van der Waals surface area contributed by atoms with Crippen LogP contribution in [0.15, 0.2) is 52.7 Å². The van der Waals surface area contributed by atoms with Gasteiger partial charge in [0.2, 0.25) is 0 Å². The summed E-state index contributed by atoms with van der Waals surface area (Å²) in [6, 6.07) is 9.83. The van der Waals surface area contributed by atoms with Crippen molar-refractivity contribution in [3.8, 4) is 0 Å². The maximum Gasteiger partial charge on any atom is 0.289 e. The Kier molecular flexibility index (Phi) is 9.70. The van der Waals surface area contributed by atoms with E-state index in [9.17, 15) is 19.8 Å². The maximum absolute atomic E-state index is 14.2. The Morgan fingerprint density at radius 3 is 2.51 bits per heavy atom. The minimum absolute atomic E-state index is 0.0579. The topological polar surface area (TPSA) is 94.2 Å². The standard InChI is InChI=1S/C38H52N2O5/c1-27-8-6-17-37(2)33(16-18-38(37,44)26-39-19-21-40(22-20-39)36(43)34-11-7-23-45-34)31-15-13-28(24-30(41)14-12-27)25-32(31)35(42)29-9-4-3-5-10-29/h7-8,11,13,15,23,25,29-30,33,41,44H,3-6,9-10,12,14,16-22,24,26H2,1-2H3. The Morgan fingerprint density at radius 1 is 1.00 bits per heavy atom. The number of carbonyl (C=O) groups excluding carboxylic acids is 2. The lowest BCUT2D eigenvalue weighted by Crippen LogP contribution is -2.57. The molecular formula is C38H52N2O5. The molecular weight excluding hydrogens is 564 g/mol. The zero-order valence-electron chi connectivity index (χ0n) is 27.3. The molecule has 5 aliphatic rings. The normalized spacial score (nSPS) is 30.5. The first-order valence-corrected chi connectivity index (χ1v) is 17.4. The number of aliphatic hydroxyl groups excluding tert-OH is 1. The van der Waals surface area contributed by atoms with E-state index in [2.05, 4.69) is 43.0 Å². The SMILES string of the molecule is CC1=CCCC2(C)C(CCC2(O)CN2CCN(C(=O)c3ccco3)CC2)c2ccc(cc2C(=O)C2CCCCC2)CC(O)CC1. The number of benzene rings is 1. The smallest absolute Gasteiger partial charge is 0.289 e. The van der Waals surface area contributed by atoms with Crippen LogP contribution in [0, 0.1) is 11.3 Å². The molecule has 244 valence electrons. The molecule has 45 heavy (non-hydrogen) atoms. The van der Waals surface area contributed by atoms with E-state index in [0.29, 0.717) is 57.7 Å². The van der Waals surface area contributed by atoms with E-state index in [1.807, 2.05) is 4.90 Å². The summed E-state index contributed by atoms with van der Waals surface area (Å²) in [6.45, 7) is 7.59. The molecule has 3 fully saturated rings. The molecule has 1 aromatic heterocycles. The largest absolute Gasteiger partial charge is 0.459 e. The number of hydrogen-bond donors (Lipinski definition) is 2. The van der Waals surface area contributed by atoms with Gasteiger partial charge >= 0.3 is 0 Å². The lowest BCUT2D eigenvalue weighted by molar-refractivity contribution is -0.0876. The van der Waals surface area contributed by atoms with Gasteiger partial charge in [0.15, 0.2) is 11.5 Å². The number of piperazine rings is 1. The average molecular weight is 617 g/mol. The molecule has 1 aromatic carbocycles. The second-order valence-electron chi connectivity index (χ2n) is 14.7. The molecule has 2 aromatic rings. The zero-order valence-corrected chi connectivity index (χ0v) is 27.3. The first kappa shape index (κ1) is 32.2. The molecule has 0 spiro atoms. The van der Waals surface area contributed by atoms with Gasteiger partial charge < -0.3 is 19.5 Å². The van der Waals surface area contributed by atoms with Crippen molar-refractivity contribution in [3.63, 3.8) is 0 Å². The van der Waals surface area contributed by atoms with Gasteiger partial charge in [-0.15, -0.1) is 0 Å². The number of nitrogens with zero attached hydrogens (tertiary/aromatic N) is 2. The predicted molar refractivity (Wildman–Crippen MR) is 175 cm³/mol. The van der Waals surface area contributed by atoms with Crippen molar-refractivity contribution in [2.24, 2.45) is 11.3 Å². The molecule has 1 aliphatic heterocycles. The fourth-order valence-corrected chi connectivity index (χ4v) is 8.83. The van der Waals surface area contributed by atoms with E-state index < -0.39 is 17.1 Å². The summed E-state index contributed by atoms with van der Waals surface area (Å²) >= 11 is 0. The first-order valence-electron chi connectivity index (χ1n) is 17.4. The molecule has 2 saturated carbocycles. The second kappa shape index (κ2) is 13.5. The second-order valence-corrected chi connectivity index (χ2v) is 14.7. The van der Waals surface area contributed by atoms with E-state index in [1.54, 1.807) is 12.1 Å². The first-order chi connectivity index (χ1) is 21.7. The summed E-state index contributed by atoms with van der Waals surface area (Å²) < 4.78 is 5.35. The minimum Gasteiger partial charge on any atom is -0.459 e. The summed E-state index contributed by atoms with van der Waals surface area (Å²) in [6.07, 6.45) is 14.0. The number of furan rings is 1. The Hall–Kier alpha value is -2.74. The average Bonchev–Trinajstić information content (AvgIpc) is 3.67. The number of aliphatic hydroxyl groups is 2. The molecule has 2 heterocycles. The van der Waals surface area contributed by atoms with Gasteiger partial charge in [0.1, 0.15) is 0 Å². The third-order valence-corrected chi connectivity index (χ3v) is 11.8. The summed E-state index contributed by atoms with van der Waals surface area (Å²) in [4.78, 5) is 31.3. The molecule has 4 atom stereocenters. The Balaban J connectivity index is 1.29. The molecule has 0 radical (unpaired) electrons. The van der Waals surface area contributed by atoms with E-state index in [-0.39, 0.29) is 23.5 Å². The third-order valence-electron chi connectivity index (χ3n) is 11.8. The quantitative estimate of drug-likeness (QED) is 0.293. The molecule has 7 rings (SSSR count). The molecule has 7 heteroatoms. The number of Topliss-reactive ketones (excluding diaryl/α,β-unsaturated/α-hetero) is 1. The van der Waals surface area contributed by atoms with Crippen LogP contribution in [-0.4, -0.2) is 76.1 Å². The molecule has 4 aliphatic carbocycles. The van der Waals surface area contributed by atoms with Crippen molar-refractivity contribution >= 4 is 11.7 Å². The number of amides is 1. The van der Waals surface area contributed by atoms with Gasteiger partial charge in [-0.3, -0.25) is 14.5 Å². The summed E-state index contributed by atoms with van der Waals surface area (Å²) in [7, 11) is 0. The van der Waals surface area contributed by atoms with E-state index in [1.165, 1.54) is 18.3 Å². The highest BCUT2D eigenvalue weighted by Gasteiger charge is 2.57. The highest BCUT2D eigenvalue weighted by atomic mass is 16.3. The van der Waals surface area contributed by atoms with Crippen LogP contribution in [0.2, 0.25) is 0 Å². The summed E-state index contributed by atoms with van der Waals surface area (Å²) in [5.41, 5.74) is 2.88. The molecule has 1 amide bonds. The Bertz CT molecular complexity index is 1370. The number of rotatable bonds is 5. The van der Waals surface area contributed by atoms with Crippen LogP contribution in [0.4, 0.5) is 0 Å². The van der Waals surface area contributed by atoms with Crippen molar-refractivity contribution < 1.29 is 24.2 Å². The van der Waals surface area contributed by atoms with Gasteiger partial charge in [-0.2, -0.15) is 0 Å². The van der Waals surface area contributed by atoms with Crippen molar-refractivity contribution in [2.45, 2.75) is 109 Å². The van der Waals surface area contributed by atoms with Gasteiger partial charge in [0, 0.05) is 49.6 Å². The van der Waals surface area contributed by atoms with Crippen LogP contribution >= 0.6 is 0 Å². The van der Waals surface area contributed by atoms with Gasteiger partial charge in [-0.25, -0.2) is 0 Å². The molecule has 2 bridgehead atoms. The van der Waals surface area contributed by atoms with E-state index >= 15 is 0 Å². The minimum atomic E-state index is -0.927. The lowest BCUT2D eigenvalue weighted by atomic mass is 9.64. The lowest BCUT2D eigenvalue weighted by Gasteiger charge is -2.47. The highest BCUT2D eigenvalue weighted by molar-refractivity contribution is 5.99. The number of carbonyl (C=O) groups is 2. The van der Waals surface area contributed by atoms with Crippen LogP contribution in [0.5, 0.6) is 0 Å². The van der Waals surface area contributed by atoms with E-state index in [4.69, 9.17) is 4.42 Å². The van der Waals surface area contributed by atoms with Gasteiger partial charge in [0.25, 0.3) is 5.91 Å². The number of hydrogen-bond acceptors (Lipinski definition) is 6. The number of ketones is 1. The third kappa shape index (κ3) is 6.72. The monoisotopic (exact) mass is 616 g/mol. The van der Waals surface area contributed by atoms with E-state index in [0.717, 1.165) is 68.1 Å². The molecule has 1 saturated heterocycles. The van der Waals surface area contributed by atoms with Crippen LogP contribution in [0.1, 0.15) is 122 Å².